The van der Waals surface area contributed by atoms with Gasteiger partial charge in [0.1, 0.15) is 5.01 Å². The van der Waals surface area contributed by atoms with E-state index < -0.39 is 0 Å². The number of hydrogen-bond acceptors (Lipinski definition) is 5. The number of benzene rings is 1. The van der Waals surface area contributed by atoms with Gasteiger partial charge in [-0.05, 0) is 31.2 Å². The van der Waals surface area contributed by atoms with Crippen molar-refractivity contribution in [1.29, 1.82) is 0 Å². The Morgan fingerprint density at radius 2 is 2.24 bits per heavy atom. The molecule has 2 rings (SSSR count). The SMILES string of the molecule is Cc1ccc(Cl)cc1Nc1nnc(CCN)s1. The number of nitrogens with zero attached hydrogens (tertiary/aromatic N) is 2. The molecule has 4 nitrogen and oxygen atoms in total. The molecule has 6 heteroatoms. The van der Waals surface area contributed by atoms with Gasteiger partial charge in [-0.1, -0.05) is 29.0 Å². The summed E-state index contributed by atoms with van der Waals surface area (Å²) in [6, 6.07) is 5.70. The number of nitrogens with two attached hydrogens (primary N) is 1. The summed E-state index contributed by atoms with van der Waals surface area (Å²) in [4.78, 5) is 0. The molecule has 0 radical (unpaired) electrons. The minimum absolute atomic E-state index is 0.588. The van der Waals surface area contributed by atoms with Crippen molar-refractivity contribution in [3.63, 3.8) is 0 Å². The van der Waals surface area contributed by atoms with Crippen LogP contribution in [0.3, 0.4) is 0 Å². The summed E-state index contributed by atoms with van der Waals surface area (Å²) in [6.07, 6.45) is 0.758. The first kappa shape index (κ1) is 12.3. The molecule has 0 amide bonds. The largest absolute Gasteiger partial charge is 0.330 e. The average molecular weight is 269 g/mol. The molecule has 0 fully saturated rings. The highest BCUT2D eigenvalue weighted by atomic mass is 35.5. The summed E-state index contributed by atoms with van der Waals surface area (Å²) >= 11 is 7.46. The van der Waals surface area contributed by atoms with Gasteiger partial charge in [-0.2, -0.15) is 0 Å². The summed E-state index contributed by atoms with van der Waals surface area (Å²) in [5.41, 5.74) is 7.53. The van der Waals surface area contributed by atoms with Crippen molar-refractivity contribution in [2.75, 3.05) is 11.9 Å². The zero-order chi connectivity index (χ0) is 12.3. The highest BCUT2D eigenvalue weighted by Crippen LogP contribution is 2.25. The van der Waals surface area contributed by atoms with E-state index in [1.807, 2.05) is 25.1 Å². The number of rotatable bonds is 4. The van der Waals surface area contributed by atoms with E-state index in [2.05, 4.69) is 15.5 Å². The molecular weight excluding hydrogens is 256 g/mol. The van der Waals surface area contributed by atoms with Crippen LogP contribution in [0, 0.1) is 6.92 Å². The first-order chi connectivity index (χ1) is 8.19. The van der Waals surface area contributed by atoms with Crippen LogP contribution in [-0.2, 0) is 6.42 Å². The Balaban J connectivity index is 2.16. The van der Waals surface area contributed by atoms with Gasteiger partial charge in [0, 0.05) is 17.1 Å². The molecule has 0 unspecified atom stereocenters. The fourth-order valence-electron chi connectivity index (χ4n) is 1.37. The van der Waals surface area contributed by atoms with Crippen LogP contribution in [0.2, 0.25) is 5.02 Å². The standard InChI is InChI=1S/C11H13ClN4S/c1-7-2-3-8(12)6-9(7)14-11-16-15-10(17-11)4-5-13/h2-3,6H,4-5,13H2,1H3,(H,14,16). The smallest absolute Gasteiger partial charge is 0.210 e. The number of anilines is 2. The molecular formula is C11H13ClN4S. The Morgan fingerprint density at radius 3 is 3.00 bits per heavy atom. The molecule has 0 spiro atoms. The maximum atomic E-state index is 5.95. The third-order valence-corrected chi connectivity index (χ3v) is 3.40. The molecule has 0 aliphatic rings. The van der Waals surface area contributed by atoms with Crippen molar-refractivity contribution in [3.05, 3.63) is 33.8 Å². The summed E-state index contributed by atoms with van der Waals surface area (Å²) in [5, 5.41) is 13.7. The van der Waals surface area contributed by atoms with Crippen LogP contribution in [0.1, 0.15) is 10.6 Å². The van der Waals surface area contributed by atoms with Crippen molar-refractivity contribution in [2.45, 2.75) is 13.3 Å². The van der Waals surface area contributed by atoms with E-state index in [9.17, 15) is 0 Å². The second-order valence-electron chi connectivity index (χ2n) is 3.62. The molecule has 0 aliphatic carbocycles. The molecule has 0 bridgehead atoms. The Labute approximate surface area is 109 Å². The molecule has 1 aromatic carbocycles. The first-order valence-electron chi connectivity index (χ1n) is 5.24. The fraction of sp³-hybridized carbons (Fsp3) is 0.273. The lowest BCUT2D eigenvalue weighted by atomic mass is 10.2. The predicted molar refractivity (Wildman–Crippen MR) is 72.1 cm³/mol. The number of aromatic nitrogens is 2. The summed E-state index contributed by atoms with van der Waals surface area (Å²) < 4.78 is 0. The lowest BCUT2D eigenvalue weighted by Crippen LogP contribution is -2.01. The summed E-state index contributed by atoms with van der Waals surface area (Å²) in [7, 11) is 0. The fourth-order valence-corrected chi connectivity index (χ4v) is 2.31. The van der Waals surface area contributed by atoms with E-state index in [4.69, 9.17) is 17.3 Å². The molecule has 0 saturated carbocycles. The molecule has 1 heterocycles. The van der Waals surface area contributed by atoms with Crippen molar-refractivity contribution in [3.8, 4) is 0 Å². The average Bonchev–Trinajstić information content (AvgIpc) is 2.72. The summed E-state index contributed by atoms with van der Waals surface area (Å²) in [5.74, 6) is 0. The lowest BCUT2D eigenvalue weighted by molar-refractivity contribution is 0.913. The van der Waals surface area contributed by atoms with Crippen LogP contribution < -0.4 is 11.1 Å². The van der Waals surface area contributed by atoms with Gasteiger partial charge >= 0.3 is 0 Å². The first-order valence-corrected chi connectivity index (χ1v) is 6.44. The van der Waals surface area contributed by atoms with Gasteiger partial charge in [-0.15, -0.1) is 10.2 Å². The maximum Gasteiger partial charge on any atom is 0.210 e. The lowest BCUT2D eigenvalue weighted by Gasteiger charge is -2.06. The number of halogens is 1. The summed E-state index contributed by atoms with van der Waals surface area (Å²) in [6.45, 7) is 2.60. The van der Waals surface area contributed by atoms with Gasteiger partial charge in [0.25, 0.3) is 0 Å². The highest BCUT2D eigenvalue weighted by Gasteiger charge is 2.05. The second-order valence-corrected chi connectivity index (χ2v) is 5.12. The van der Waals surface area contributed by atoms with Crippen LogP contribution in [0.5, 0.6) is 0 Å². The molecule has 0 aliphatic heterocycles. The highest BCUT2D eigenvalue weighted by molar-refractivity contribution is 7.15. The zero-order valence-electron chi connectivity index (χ0n) is 9.40. The molecule has 0 saturated heterocycles. The van der Waals surface area contributed by atoms with Crippen molar-refractivity contribution in [1.82, 2.24) is 10.2 Å². The Bertz CT molecular complexity index is 512. The number of nitrogens with one attached hydrogen (secondary N) is 1. The predicted octanol–water partition coefficient (Wildman–Crippen LogP) is 2.74. The van der Waals surface area contributed by atoms with E-state index in [-0.39, 0.29) is 0 Å². The van der Waals surface area contributed by atoms with E-state index in [1.54, 1.807) is 0 Å². The van der Waals surface area contributed by atoms with Crippen LogP contribution in [0.15, 0.2) is 18.2 Å². The zero-order valence-corrected chi connectivity index (χ0v) is 11.0. The second kappa shape index (κ2) is 5.44. The molecule has 1 aromatic heterocycles. The molecule has 90 valence electrons. The minimum Gasteiger partial charge on any atom is -0.330 e. The Hall–Kier alpha value is -1.17. The van der Waals surface area contributed by atoms with Gasteiger partial charge in [-0.3, -0.25) is 0 Å². The van der Waals surface area contributed by atoms with Crippen LogP contribution in [0.25, 0.3) is 0 Å². The normalized spacial score (nSPS) is 10.5. The van der Waals surface area contributed by atoms with Crippen LogP contribution in [0.4, 0.5) is 10.8 Å². The maximum absolute atomic E-state index is 5.95. The van der Waals surface area contributed by atoms with E-state index in [0.717, 1.165) is 27.8 Å². The van der Waals surface area contributed by atoms with Crippen molar-refractivity contribution < 1.29 is 0 Å². The number of hydrogen-bond donors (Lipinski definition) is 2. The van der Waals surface area contributed by atoms with E-state index in [1.165, 1.54) is 11.3 Å². The molecule has 17 heavy (non-hydrogen) atoms. The third kappa shape index (κ3) is 3.15. The van der Waals surface area contributed by atoms with Gasteiger partial charge in [0.15, 0.2) is 0 Å². The van der Waals surface area contributed by atoms with Crippen LogP contribution in [-0.4, -0.2) is 16.7 Å². The van der Waals surface area contributed by atoms with Gasteiger partial charge in [-0.25, -0.2) is 0 Å². The van der Waals surface area contributed by atoms with Crippen molar-refractivity contribution >= 4 is 33.8 Å². The van der Waals surface area contributed by atoms with E-state index in [0.29, 0.717) is 11.6 Å². The quantitative estimate of drug-likeness (QED) is 0.895. The monoisotopic (exact) mass is 268 g/mol. The third-order valence-electron chi connectivity index (χ3n) is 2.27. The van der Waals surface area contributed by atoms with Crippen molar-refractivity contribution in [2.24, 2.45) is 5.73 Å². The van der Waals surface area contributed by atoms with Gasteiger partial charge in [0.05, 0.1) is 0 Å². The topological polar surface area (TPSA) is 63.8 Å². The Morgan fingerprint density at radius 1 is 1.41 bits per heavy atom. The molecule has 0 atom stereocenters. The van der Waals surface area contributed by atoms with E-state index >= 15 is 0 Å². The van der Waals surface area contributed by atoms with Gasteiger partial charge < -0.3 is 11.1 Å². The van der Waals surface area contributed by atoms with Gasteiger partial charge in [0.2, 0.25) is 5.13 Å². The van der Waals surface area contributed by atoms with Crippen LogP contribution >= 0.6 is 22.9 Å². The minimum atomic E-state index is 0.588. The number of aryl methyl sites for hydroxylation is 1. The molecule has 2 aromatic rings. The Kier molecular flexibility index (Phi) is 3.93. The molecule has 3 N–H and O–H groups in total.